The third-order valence-electron chi connectivity index (χ3n) is 6.41. The number of allylic oxidation sites excluding steroid dienone is 3. The number of aliphatic hydroxyl groups is 1. The third-order valence-corrected chi connectivity index (χ3v) is 6.41. The normalized spacial score (nSPS) is 39.8. The Labute approximate surface area is 129 Å². The predicted molar refractivity (Wildman–Crippen MR) is 86.9 cm³/mol. The van der Waals surface area contributed by atoms with Crippen molar-refractivity contribution < 1.29 is 9.90 Å². The topological polar surface area (TPSA) is 37.3 Å². The Hall–Kier alpha value is -0.890. The summed E-state index contributed by atoms with van der Waals surface area (Å²) in [5.74, 6) is 0.951. The van der Waals surface area contributed by atoms with Gasteiger partial charge >= 0.3 is 0 Å². The van der Waals surface area contributed by atoms with Crippen LogP contribution in [0, 0.1) is 22.7 Å². The molecule has 2 fully saturated rings. The molecule has 118 valence electrons. The van der Waals surface area contributed by atoms with Crippen molar-refractivity contribution in [2.24, 2.45) is 22.7 Å². The van der Waals surface area contributed by atoms with Crippen molar-refractivity contribution in [2.75, 3.05) is 0 Å². The van der Waals surface area contributed by atoms with Gasteiger partial charge in [0.1, 0.15) is 6.29 Å². The molecule has 0 heterocycles. The lowest BCUT2D eigenvalue weighted by molar-refractivity contribution is -0.123. The Morgan fingerprint density at radius 1 is 1.38 bits per heavy atom. The van der Waals surface area contributed by atoms with Crippen LogP contribution in [-0.2, 0) is 4.79 Å². The summed E-state index contributed by atoms with van der Waals surface area (Å²) < 4.78 is 0. The molecule has 21 heavy (non-hydrogen) atoms. The second-order valence-corrected chi connectivity index (χ2v) is 7.99. The van der Waals surface area contributed by atoms with E-state index in [4.69, 9.17) is 0 Å². The zero-order valence-electron chi connectivity index (χ0n) is 14.0. The molecule has 2 rings (SSSR count). The largest absolute Gasteiger partial charge is 0.393 e. The van der Waals surface area contributed by atoms with Gasteiger partial charge in [-0.25, -0.2) is 0 Å². The van der Waals surface area contributed by atoms with Gasteiger partial charge in [-0.3, -0.25) is 4.79 Å². The molecule has 0 amide bonds. The van der Waals surface area contributed by atoms with E-state index in [9.17, 15) is 9.90 Å². The van der Waals surface area contributed by atoms with Crippen LogP contribution < -0.4 is 0 Å². The lowest BCUT2D eigenvalue weighted by Gasteiger charge is -2.59. The van der Waals surface area contributed by atoms with Crippen LogP contribution in [0.25, 0.3) is 0 Å². The first kappa shape index (κ1) is 16.5. The Bertz CT molecular complexity index is 460. The van der Waals surface area contributed by atoms with Gasteiger partial charge in [0.25, 0.3) is 0 Å². The zero-order valence-corrected chi connectivity index (χ0v) is 14.0. The standard InChI is InChI=1S/C19H30O2/c1-13(12-20)6-8-15-14(2)7-9-16-18(3,4)17(21)10-11-19(15,16)5/h6,12,15-17,21H,2,7-11H2,1,3-5H3/b13-6+/t15-,16-,17-,19+/m0/s1. The molecule has 0 aromatic rings. The number of rotatable bonds is 3. The summed E-state index contributed by atoms with van der Waals surface area (Å²) in [6, 6.07) is 0. The molecule has 0 aromatic heterocycles. The lowest BCUT2D eigenvalue weighted by Crippen LogP contribution is -2.54. The van der Waals surface area contributed by atoms with Crippen LogP contribution in [0.5, 0.6) is 0 Å². The number of aldehydes is 1. The molecule has 0 spiro atoms. The van der Waals surface area contributed by atoms with E-state index in [-0.39, 0.29) is 16.9 Å². The van der Waals surface area contributed by atoms with Crippen molar-refractivity contribution in [3.05, 3.63) is 23.8 Å². The zero-order chi connectivity index (χ0) is 15.8. The van der Waals surface area contributed by atoms with Crippen molar-refractivity contribution in [2.45, 2.75) is 65.9 Å². The minimum Gasteiger partial charge on any atom is -0.393 e. The van der Waals surface area contributed by atoms with Crippen molar-refractivity contribution in [3.8, 4) is 0 Å². The van der Waals surface area contributed by atoms with E-state index in [2.05, 4.69) is 33.4 Å². The first-order chi connectivity index (χ1) is 9.73. The van der Waals surface area contributed by atoms with Crippen LogP contribution in [0.15, 0.2) is 23.8 Å². The number of hydrogen-bond acceptors (Lipinski definition) is 2. The van der Waals surface area contributed by atoms with E-state index in [0.29, 0.717) is 11.8 Å². The summed E-state index contributed by atoms with van der Waals surface area (Å²) >= 11 is 0. The molecule has 2 aliphatic rings. The highest BCUT2D eigenvalue weighted by molar-refractivity contribution is 5.71. The quantitative estimate of drug-likeness (QED) is 0.478. The van der Waals surface area contributed by atoms with Gasteiger partial charge in [-0.05, 0) is 67.3 Å². The molecule has 0 aromatic carbocycles. The van der Waals surface area contributed by atoms with Gasteiger partial charge in [0.2, 0.25) is 0 Å². The van der Waals surface area contributed by atoms with E-state index in [1.807, 2.05) is 6.92 Å². The highest BCUT2D eigenvalue weighted by atomic mass is 16.3. The van der Waals surface area contributed by atoms with Gasteiger partial charge < -0.3 is 5.11 Å². The number of fused-ring (bicyclic) bond motifs is 1. The summed E-state index contributed by atoms with van der Waals surface area (Å²) in [6.45, 7) is 13.0. The van der Waals surface area contributed by atoms with Crippen LogP contribution in [0.3, 0.4) is 0 Å². The van der Waals surface area contributed by atoms with E-state index >= 15 is 0 Å². The smallest absolute Gasteiger partial charge is 0.145 e. The maximum atomic E-state index is 10.8. The summed E-state index contributed by atoms with van der Waals surface area (Å²) in [5, 5.41) is 10.4. The fourth-order valence-electron chi connectivity index (χ4n) is 4.95. The van der Waals surface area contributed by atoms with Gasteiger partial charge in [-0.2, -0.15) is 0 Å². The third kappa shape index (κ3) is 2.75. The van der Waals surface area contributed by atoms with E-state index in [0.717, 1.165) is 44.0 Å². The Kier molecular flexibility index (Phi) is 4.49. The molecular weight excluding hydrogens is 260 g/mol. The summed E-state index contributed by atoms with van der Waals surface area (Å²) in [5.41, 5.74) is 2.30. The molecule has 0 aliphatic heterocycles. The van der Waals surface area contributed by atoms with Crippen molar-refractivity contribution in [3.63, 3.8) is 0 Å². The van der Waals surface area contributed by atoms with Gasteiger partial charge in [-0.15, -0.1) is 0 Å². The molecule has 0 saturated heterocycles. The summed E-state index contributed by atoms with van der Waals surface area (Å²) in [6.07, 6.45) is 7.81. The summed E-state index contributed by atoms with van der Waals surface area (Å²) in [4.78, 5) is 10.8. The molecule has 0 unspecified atom stereocenters. The lowest BCUT2D eigenvalue weighted by atomic mass is 9.46. The average Bonchev–Trinajstić information content (AvgIpc) is 2.42. The van der Waals surface area contributed by atoms with E-state index < -0.39 is 0 Å². The number of aliphatic hydroxyl groups excluding tert-OH is 1. The summed E-state index contributed by atoms with van der Waals surface area (Å²) in [7, 11) is 0. The molecular formula is C19H30O2. The Morgan fingerprint density at radius 2 is 2.05 bits per heavy atom. The fourth-order valence-corrected chi connectivity index (χ4v) is 4.95. The van der Waals surface area contributed by atoms with Gasteiger partial charge in [0.15, 0.2) is 0 Å². The van der Waals surface area contributed by atoms with Gasteiger partial charge in [0, 0.05) is 0 Å². The fraction of sp³-hybridized carbons (Fsp3) is 0.737. The molecule has 0 radical (unpaired) electrons. The number of hydrogen-bond donors (Lipinski definition) is 1. The molecule has 0 bridgehead atoms. The molecule has 1 N–H and O–H groups in total. The SMILES string of the molecule is C=C1CC[C@H]2C(C)(C)[C@@H](O)CC[C@]2(C)[C@H]1C/C=C(\C)C=O. The van der Waals surface area contributed by atoms with Crippen molar-refractivity contribution in [1.29, 1.82) is 0 Å². The second-order valence-electron chi connectivity index (χ2n) is 7.99. The predicted octanol–water partition coefficient (Wildman–Crippen LogP) is 4.29. The molecule has 2 nitrogen and oxygen atoms in total. The van der Waals surface area contributed by atoms with Crippen LogP contribution in [0.4, 0.5) is 0 Å². The monoisotopic (exact) mass is 290 g/mol. The number of carbonyl (C=O) groups excluding carboxylic acids is 1. The Balaban J connectivity index is 2.32. The number of carbonyl (C=O) groups is 1. The maximum Gasteiger partial charge on any atom is 0.145 e. The van der Waals surface area contributed by atoms with Crippen LogP contribution in [-0.4, -0.2) is 17.5 Å². The molecule has 2 saturated carbocycles. The minimum absolute atomic E-state index is 0.0324. The van der Waals surface area contributed by atoms with Crippen LogP contribution >= 0.6 is 0 Å². The highest BCUT2D eigenvalue weighted by Crippen LogP contribution is 2.61. The molecule has 2 aliphatic carbocycles. The van der Waals surface area contributed by atoms with E-state index in [1.54, 1.807) is 0 Å². The van der Waals surface area contributed by atoms with Gasteiger partial charge in [-0.1, -0.05) is 39.0 Å². The first-order valence-corrected chi connectivity index (χ1v) is 8.21. The van der Waals surface area contributed by atoms with Crippen LogP contribution in [0.1, 0.15) is 59.8 Å². The maximum absolute atomic E-state index is 10.8. The highest BCUT2D eigenvalue weighted by Gasteiger charge is 2.55. The van der Waals surface area contributed by atoms with Gasteiger partial charge in [0.05, 0.1) is 6.10 Å². The molecule has 2 heteroatoms. The van der Waals surface area contributed by atoms with Crippen LogP contribution in [0.2, 0.25) is 0 Å². The Morgan fingerprint density at radius 3 is 2.67 bits per heavy atom. The average molecular weight is 290 g/mol. The van der Waals surface area contributed by atoms with Crippen molar-refractivity contribution >= 4 is 6.29 Å². The van der Waals surface area contributed by atoms with Crippen molar-refractivity contribution in [1.82, 2.24) is 0 Å². The first-order valence-electron chi connectivity index (χ1n) is 8.21. The van der Waals surface area contributed by atoms with E-state index in [1.165, 1.54) is 5.57 Å². The second kappa shape index (κ2) is 5.72. The minimum atomic E-state index is -0.199. The molecule has 4 atom stereocenters.